The van der Waals surface area contributed by atoms with Crippen LogP contribution in [0.3, 0.4) is 0 Å². The smallest absolute Gasteiger partial charge is 0.115 e. The Hall–Kier alpha value is -0.600. The monoisotopic (exact) mass is 208 g/mol. The zero-order valence-corrected chi connectivity index (χ0v) is 10.0. The van der Waals surface area contributed by atoms with Gasteiger partial charge in [-0.3, -0.25) is 0 Å². The Labute approximate surface area is 92.0 Å². The van der Waals surface area contributed by atoms with Gasteiger partial charge in [-0.25, -0.2) is 0 Å². The van der Waals surface area contributed by atoms with Gasteiger partial charge in [-0.15, -0.1) is 0 Å². The molecule has 2 rings (SSSR count). The summed E-state index contributed by atoms with van der Waals surface area (Å²) < 4.78 is 12.0. The van der Waals surface area contributed by atoms with E-state index in [0.717, 1.165) is 12.0 Å². The average molecular weight is 208 g/mol. The Morgan fingerprint density at radius 2 is 2.13 bits per heavy atom. The number of hydrogen-bond donors (Lipinski definition) is 0. The summed E-state index contributed by atoms with van der Waals surface area (Å²) in [6.07, 6.45) is 5.31. The zero-order valence-electron chi connectivity index (χ0n) is 10.0. The molecule has 2 heterocycles. The first kappa shape index (κ1) is 10.9. The standard InChI is InChI=1S/C13H20O2/c1-9(2)14-11-10(3)8-12(4)6-7-13(11,5)15-12/h6-7,9,11H,3,8H2,1-2,4-5H3/t11-,12-,13-/m0/s1. The number of rotatable bonds is 2. The average Bonchev–Trinajstić information content (AvgIpc) is 2.34. The van der Waals surface area contributed by atoms with Crippen LogP contribution in [0.15, 0.2) is 24.3 Å². The molecule has 0 aromatic rings. The van der Waals surface area contributed by atoms with Crippen molar-refractivity contribution >= 4 is 0 Å². The van der Waals surface area contributed by atoms with Gasteiger partial charge in [0.05, 0.1) is 11.7 Å². The third-order valence-corrected chi connectivity index (χ3v) is 3.10. The Morgan fingerprint density at radius 3 is 2.73 bits per heavy atom. The Bertz CT molecular complexity index is 318. The van der Waals surface area contributed by atoms with Crippen LogP contribution < -0.4 is 0 Å². The molecule has 0 saturated carbocycles. The first-order valence-corrected chi connectivity index (χ1v) is 5.58. The highest BCUT2D eigenvalue weighted by atomic mass is 16.6. The van der Waals surface area contributed by atoms with Gasteiger partial charge < -0.3 is 9.47 Å². The van der Waals surface area contributed by atoms with Gasteiger partial charge >= 0.3 is 0 Å². The maximum Gasteiger partial charge on any atom is 0.115 e. The highest BCUT2D eigenvalue weighted by Crippen LogP contribution is 2.46. The second kappa shape index (κ2) is 3.19. The van der Waals surface area contributed by atoms with E-state index in [1.165, 1.54) is 0 Å². The summed E-state index contributed by atoms with van der Waals surface area (Å²) in [5.74, 6) is 0. The van der Waals surface area contributed by atoms with Crippen LogP contribution in [-0.2, 0) is 9.47 Å². The first-order valence-electron chi connectivity index (χ1n) is 5.58. The Balaban J connectivity index is 2.25. The highest BCUT2D eigenvalue weighted by Gasteiger charge is 2.51. The summed E-state index contributed by atoms with van der Waals surface area (Å²) in [4.78, 5) is 0. The van der Waals surface area contributed by atoms with Crippen molar-refractivity contribution in [3.8, 4) is 0 Å². The highest BCUT2D eigenvalue weighted by molar-refractivity contribution is 5.32. The molecule has 84 valence electrons. The van der Waals surface area contributed by atoms with Crippen LogP contribution in [0.2, 0.25) is 0 Å². The van der Waals surface area contributed by atoms with E-state index in [1.807, 2.05) is 13.8 Å². The third kappa shape index (κ3) is 1.77. The van der Waals surface area contributed by atoms with Crippen LogP contribution in [0.1, 0.15) is 34.1 Å². The molecule has 0 aromatic carbocycles. The topological polar surface area (TPSA) is 18.5 Å². The number of fused-ring (bicyclic) bond motifs is 2. The van der Waals surface area contributed by atoms with Gasteiger partial charge in [-0.1, -0.05) is 18.7 Å². The molecule has 0 amide bonds. The van der Waals surface area contributed by atoms with E-state index >= 15 is 0 Å². The molecular formula is C13H20O2. The maximum atomic E-state index is 6.06. The fourth-order valence-electron chi connectivity index (χ4n) is 2.60. The SMILES string of the molecule is C=C1C[C@]2(C)C=C[C@](C)(O2)[C@H]1OC(C)C. The molecule has 1 saturated heterocycles. The molecule has 15 heavy (non-hydrogen) atoms. The minimum Gasteiger partial charge on any atom is -0.368 e. The minimum atomic E-state index is -0.325. The van der Waals surface area contributed by atoms with Gasteiger partial charge in [0.1, 0.15) is 11.7 Å². The molecule has 0 aromatic heterocycles. The third-order valence-electron chi connectivity index (χ3n) is 3.10. The van der Waals surface area contributed by atoms with Crippen molar-refractivity contribution in [1.82, 2.24) is 0 Å². The molecule has 1 fully saturated rings. The summed E-state index contributed by atoms with van der Waals surface area (Å²) in [6.45, 7) is 12.4. The second-order valence-corrected chi connectivity index (χ2v) is 5.33. The summed E-state index contributed by atoms with van der Waals surface area (Å²) in [5, 5.41) is 0. The minimum absolute atomic E-state index is 0.00988. The van der Waals surface area contributed by atoms with E-state index in [0.29, 0.717) is 0 Å². The van der Waals surface area contributed by atoms with E-state index < -0.39 is 0 Å². The van der Waals surface area contributed by atoms with Crippen molar-refractivity contribution in [2.75, 3.05) is 0 Å². The quantitative estimate of drug-likeness (QED) is 0.650. The van der Waals surface area contributed by atoms with Gasteiger partial charge in [0.15, 0.2) is 0 Å². The molecule has 3 atom stereocenters. The molecule has 2 nitrogen and oxygen atoms in total. The lowest BCUT2D eigenvalue weighted by atomic mass is 9.87. The van der Waals surface area contributed by atoms with Crippen molar-refractivity contribution < 1.29 is 9.47 Å². The van der Waals surface area contributed by atoms with Crippen molar-refractivity contribution in [2.24, 2.45) is 0 Å². The molecular weight excluding hydrogens is 188 g/mol. The largest absolute Gasteiger partial charge is 0.368 e. The second-order valence-electron chi connectivity index (χ2n) is 5.33. The van der Waals surface area contributed by atoms with Crippen LogP contribution in [-0.4, -0.2) is 23.4 Å². The van der Waals surface area contributed by atoms with Crippen molar-refractivity contribution in [3.63, 3.8) is 0 Å². The van der Waals surface area contributed by atoms with Crippen molar-refractivity contribution in [3.05, 3.63) is 24.3 Å². The zero-order chi connectivity index (χ0) is 11.3. The molecule has 2 aliphatic rings. The van der Waals surface area contributed by atoms with Gasteiger partial charge in [-0.2, -0.15) is 0 Å². The van der Waals surface area contributed by atoms with Crippen LogP contribution in [0.5, 0.6) is 0 Å². The summed E-state index contributed by atoms with van der Waals surface area (Å²) in [6, 6.07) is 0. The van der Waals surface area contributed by atoms with E-state index in [9.17, 15) is 0 Å². The van der Waals surface area contributed by atoms with Crippen LogP contribution in [0, 0.1) is 0 Å². The first-order chi connectivity index (χ1) is 6.85. The van der Waals surface area contributed by atoms with Gasteiger partial charge in [-0.05, 0) is 33.3 Å². The van der Waals surface area contributed by atoms with E-state index in [2.05, 4.69) is 32.6 Å². The van der Waals surface area contributed by atoms with Crippen LogP contribution >= 0.6 is 0 Å². The molecule has 0 radical (unpaired) electrons. The number of ether oxygens (including phenoxy) is 2. The predicted octanol–water partition coefficient (Wildman–Crippen LogP) is 2.84. The van der Waals surface area contributed by atoms with E-state index in [1.54, 1.807) is 0 Å². The molecule has 2 heteroatoms. The fourth-order valence-corrected chi connectivity index (χ4v) is 2.60. The molecule has 0 N–H and O–H groups in total. The van der Waals surface area contributed by atoms with Gasteiger partial charge in [0.2, 0.25) is 0 Å². The Kier molecular flexibility index (Phi) is 2.32. The van der Waals surface area contributed by atoms with Gasteiger partial charge in [0, 0.05) is 6.42 Å². The summed E-state index contributed by atoms with van der Waals surface area (Å²) >= 11 is 0. The molecule has 2 aliphatic heterocycles. The van der Waals surface area contributed by atoms with Crippen LogP contribution in [0.4, 0.5) is 0 Å². The van der Waals surface area contributed by atoms with E-state index in [4.69, 9.17) is 9.47 Å². The molecule has 0 unspecified atom stereocenters. The maximum absolute atomic E-state index is 6.06. The molecule has 2 bridgehead atoms. The van der Waals surface area contributed by atoms with E-state index in [-0.39, 0.29) is 23.4 Å². The van der Waals surface area contributed by atoms with Crippen molar-refractivity contribution in [2.45, 2.75) is 57.5 Å². The molecule has 0 aliphatic carbocycles. The summed E-state index contributed by atoms with van der Waals surface area (Å²) in [7, 11) is 0. The lowest BCUT2D eigenvalue weighted by Crippen LogP contribution is -2.50. The number of hydrogen-bond acceptors (Lipinski definition) is 2. The summed E-state index contributed by atoms with van der Waals surface area (Å²) in [5.41, 5.74) is 0.654. The van der Waals surface area contributed by atoms with Crippen LogP contribution in [0.25, 0.3) is 0 Å². The molecule has 0 spiro atoms. The normalized spacial score (nSPS) is 44.1. The van der Waals surface area contributed by atoms with Gasteiger partial charge in [0.25, 0.3) is 0 Å². The Morgan fingerprint density at radius 1 is 1.47 bits per heavy atom. The lowest BCUT2D eigenvalue weighted by Gasteiger charge is -2.44. The van der Waals surface area contributed by atoms with Crippen molar-refractivity contribution in [1.29, 1.82) is 0 Å². The lowest BCUT2D eigenvalue weighted by molar-refractivity contribution is -0.167. The predicted molar refractivity (Wildman–Crippen MR) is 60.8 cm³/mol. The fraction of sp³-hybridized carbons (Fsp3) is 0.692.